The number of allylic oxidation sites excluding steroid dienone is 4. The molecule has 2 aromatic carbocycles. The molecule has 5 atom stereocenters. The average Bonchev–Trinajstić information content (AvgIpc) is 3.48. The topological polar surface area (TPSA) is 39.4 Å². The summed E-state index contributed by atoms with van der Waals surface area (Å²) >= 11 is 0. The number of aromatic nitrogens is 2. The van der Waals surface area contributed by atoms with Crippen molar-refractivity contribution in [3.05, 3.63) is 78.6 Å². The summed E-state index contributed by atoms with van der Waals surface area (Å²) in [5, 5.41) is 4.53. The number of nitrogens with zero attached hydrogens (tertiary/aromatic N) is 3. The summed E-state index contributed by atoms with van der Waals surface area (Å²) in [6, 6.07) is 18.5. The third-order valence-corrected chi connectivity index (χ3v) is 10.2. The van der Waals surface area contributed by atoms with Gasteiger partial charge in [-0.05, 0) is 98.5 Å². The molecule has 3 aromatic rings. The highest BCUT2D eigenvalue weighted by molar-refractivity contribution is 5.96. The molecule has 2 fully saturated rings. The highest BCUT2D eigenvalue weighted by Crippen LogP contribution is 2.66. The molecule has 7 rings (SSSR count). The quantitative estimate of drug-likeness (QED) is 0.360. The van der Waals surface area contributed by atoms with E-state index in [9.17, 15) is 0 Å². The van der Waals surface area contributed by atoms with Crippen LogP contribution in [0.25, 0.3) is 16.7 Å². The Bertz CT molecular complexity index is 1400. The van der Waals surface area contributed by atoms with Crippen molar-refractivity contribution in [1.82, 2.24) is 9.55 Å². The maximum Gasteiger partial charge on any atom is 0.157 e. The molecule has 4 aliphatic carbocycles. The van der Waals surface area contributed by atoms with Crippen LogP contribution in [0.3, 0.4) is 0 Å². The smallest absolute Gasteiger partial charge is 0.157 e. The van der Waals surface area contributed by atoms with E-state index in [4.69, 9.17) is 9.82 Å². The first kappa shape index (κ1) is 22.1. The largest absolute Gasteiger partial charge is 0.357 e. The molecule has 2 saturated carbocycles. The van der Waals surface area contributed by atoms with Gasteiger partial charge in [0.15, 0.2) is 5.75 Å². The van der Waals surface area contributed by atoms with Gasteiger partial charge in [-0.3, -0.25) is 0 Å². The first-order chi connectivity index (χ1) is 17.6. The Labute approximate surface area is 213 Å². The maximum absolute atomic E-state index is 5.74. The summed E-state index contributed by atoms with van der Waals surface area (Å²) in [7, 11) is 0. The molecule has 0 spiro atoms. The first-order valence-electron chi connectivity index (χ1n) is 13.7. The van der Waals surface area contributed by atoms with E-state index in [1.807, 2.05) is 30.3 Å². The van der Waals surface area contributed by atoms with Gasteiger partial charge in [0.05, 0.1) is 16.7 Å². The van der Waals surface area contributed by atoms with E-state index in [-0.39, 0.29) is 5.41 Å². The lowest BCUT2D eigenvalue weighted by atomic mass is 9.47. The predicted molar refractivity (Wildman–Crippen MR) is 146 cm³/mol. The number of hydrogen-bond donors (Lipinski definition) is 0. The Morgan fingerprint density at radius 3 is 2.64 bits per heavy atom. The highest BCUT2D eigenvalue weighted by atomic mass is 16.6. The summed E-state index contributed by atoms with van der Waals surface area (Å²) in [5.41, 5.74) is 7.05. The van der Waals surface area contributed by atoms with E-state index in [2.05, 4.69) is 66.3 Å². The molecule has 0 N–H and O–H groups in total. The van der Waals surface area contributed by atoms with Crippen LogP contribution in [-0.2, 0) is 0 Å². The van der Waals surface area contributed by atoms with Gasteiger partial charge in [0.2, 0.25) is 0 Å². The van der Waals surface area contributed by atoms with Crippen molar-refractivity contribution in [2.24, 2.45) is 33.7 Å². The number of para-hydroxylation sites is 3. The summed E-state index contributed by atoms with van der Waals surface area (Å²) < 4.78 is 2.39. The third kappa shape index (κ3) is 3.26. The minimum Gasteiger partial charge on any atom is -0.357 e. The zero-order valence-electron chi connectivity index (χ0n) is 21.4. The molecule has 0 radical (unpaired) electrons. The van der Waals surface area contributed by atoms with Crippen LogP contribution in [0.5, 0.6) is 5.75 Å². The zero-order chi connectivity index (χ0) is 24.3. The van der Waals surface area contributed by atoms with Crippen LogP contribution in [0.2, 0.25) is 0 Å². The Kier molecular flexibility index (Phi) is 5.03. The van der Waals surface area contributed by atoms with Crippen LogP contribution in [0.4, 0.5) is 0 Å². The van der Waals surface area contributed by atoms with Gasteiger partial charge in [0, 0.05) is 11.1 Å². The summed E-state index contributed by atoms with van der Waals surface area (Å²) in [4.78, 5) is 10.5. The Balaban J connectivity index is 1.14. The molecule has 1 heterocycles. The lowest BCUT2D eigenvalue weighted by Gasteiger charge is -2.58. The van der Waals surface area contributed by atoms with Crippen LogP contribution in [-0.4, -0.2) is 15.3 Å². The SMILES string of the molecule is C[C@]12CC/C(=N\Oc3ccccc3)C=C1CC[C@@H]1[C@@H]2CC[C@]2(C)C(n3cnc4ccccc43)=CC[C@@H]12. The standard InChI is InChI=1S/C32H35N3O/c1-31-18-16-23(34-36-24-8-4-3-5-9-24)20-22(31)12-13-25-26-14-15-30(32(26,2)19-17-27(25)31)35-21-33-28-10-6-7-11-29(28)35/h3-11,15,20-21,25-27H,12-14,16-19H2,1-2H3/b34-23+/t25-,26-,27-,31-,32-/m0/s1. The normalized spacial score (nSPS) is 34.5. The van der Waals surface area contributed by atoms with Crippen molar-refractivity contribution in [3.8, 4) is 5.75 Å². The van der Waals surface area contributed by atoms with Crippen LogP contribution in [0, 0.1) is 28.6 Å². The zero-order valence-corrected chi connectivity index (χ0v) is 21.4. The molecule has 4 heteroatoms. The minimum absolute atomic E-state index is 0.229. The van der Waals surface area contributed by atoms with E-state index >= 15 is 0 Å². The lowest BCUT2D eigenvalue weighted by molar-refractivity contribution is -0.0203. The average molecular weight is 478 g/mol. The second-order valence-electron chi connectivity index (χ2n) is 11.9. The number of fused-ring (bicyclic) bond motifs is 6. The summed E-state index contributed by atoms with van der Waals surface area (Å²) in [5.74, 6) is 3.08. The van der Waals surface area contributed by atoms with E-state index in [0.717, 1.165) is 41.2 Å². The number of benzene rings is 2. The van der Waals surface area contributed by atoms with Gasteiger partial charge in [0.1, 0.15) is 6.33 Å². The second-order valence-corrected chi connectivity index (χ2v) is 11.9. The number of imidazole rings is 1. The fraction of sp³-hybridized carbons (Fsp3) is 0.438. The van der Waals surface area contributed by atoms with Crippen molar-refractivity contribution in [3.63, 3.8) is 0 Å². The Hall–Kier alpha value is -3.14. The van der Waals surface area contributed by atoms with Crippen molar-refractivity contribution in [1.29, 1.82) is 0 Å². The monoisotopic (exact) mass is 477 g/mol. The van der Waals surface area contributed by atoms with Crippen LogP contribution >= 0.6 is 0 Å². The molecule has 0 amide bonds. The first-order valence-corrected chi connectivity index (χ1v) is 13.7. The molecule has 4 aliphatic rings. The highest BCUT2D eigenvalue weighted by Gasteiger charge is 2.57. The third-order valence-electron chi connectivity index (χ3n) is 10.2. The van der Waals surface area contributed by atoms with E-state index in [1.165, 1.54) is 49.7 Å². The van der Waals surface area contributed by atoms with Crippen molar-refractivity contribution < 1.29 is 4.84 Å². The molecule has 1 aromatic heterocycles. The molecular weight excluding hydrogens is 442 g/mol. The van der Waals surface area contributed by atoms with Gasteiger partial charge < -0.3 is 9.40 Å². The van der Waals surface area contributed by atoms with E-state index in [0.29, 0.717) is 5.41 Å². The second kappa shape index (κ2) is 8.19. The molecule has 184 valence electrons. The molecule has 0 bridgehead atoms. The number of hydrogen-bond acceptors (Lipinski definition) is 3. The van der Waals surface area contributed by atoms with Crippen LogP contribution in [0.15, 0.2) is 83.8 Å². The van der Waals surface area contributed by atoms with Crippen molar-refractivity contribution >= 4 is 22.4 Å². The predicted octanol–water partition coefficient (Wildman–Crippen LogP) is 7.88. The van der Waals surface area contributed by atoms with E-state index < -0.39 is 0 Å². The van der Waals surface area contributed by atoms with Gasteiger partial charge in [-0.2, -0.15) is 0 Å². The Morgan fingerprint density at radius 1 is 0.917 bits per heavy atom. The number of rotatable bonds is 3. The fourth-order valence-electron chi connectivity index (χ4n) is 8.31. The molecule has 0 unspecified atom stereocenters. The molecule has 4 nitrogen and oxygen atoms in total. The van der Waals surface area contributed by atoms with Crippen molar-refractivity contribution in [2.75, 3.05) is 0 Å². The minimum atomic E-state index is 0.229. The van der Waals surface area contributed by atoms with Gasteiger partial charge in [-0.1, -0.05) is 61.0 Å². The maximum atomic E-state index is 5.74. The summed E-state index contributed by atoms with van der Waals surface area (Å²) in [6.45, 7) is 5.10. The van der Waals surface area contributed by atoms with Crippen LogP contribution in [0.1, 0.15) is 58.8 Å². The fourth-order valence-corrected chi connectivity index (χ4v) is 8.31. The van der Waals surface area contributed by atoms with Crippen molar-refractivity contribution in [2.45, 2.75) is 58.8 Å². The molecular formula is C32H35N3O. The molecule has 0 aliphatic heterocycles. The van der Waals surface area contributed by atoms with Gasteiger partial charge >= 0.3 is 0 Å². The van der Waals surface area contributed by atoms with Gasteiger partial charge in [-0.25, -0.2) is 4.98 Å². The van der Waals surface area contributed by atoms with Crippen LogP contribution < -0.4 is 4.84 Å². The molecule has 0 saturated heterocycles. The molecule has 36 heavy (non-hydrogen) atoms. The van der Waals surface area contributed by atoms with Gasteiger partial charge in [0.25, 0.3) is 0 Å². The van der Waals surface area contributed by atoms with E-state index in [1.54, 1.807) is 5.57 Å². The number of oxime groups is 1. The lowest BCUT2D eigenvalue weighted by Crippen LogP contribution is -2.50. The summed E-state index contributed by atoms with van der Waals surface area (Å²) in [6.07, 6.45) is 15.4. The van der Waals surface area contributed by atoms with Gasteiger partial charge in [-0.15, -0.1) is 0 Å². The Morgan fingerprint density at radius 2 is 1.75 bits per heavy atom.